The number of nitrogens with zero attached hydrogens (tertiary/aromatic N) is 2. The van der Waals surface area contributed by atoms with Crippen LogP contribution in [-0.4, -0.2) is 50.5 Å². The van der Waals surface area contributed by atoms with Gasteiger partial charge in [0, 0.05) is 13.1 Å². The Balaban J connectivity index is 2.38. The van der Waals surface area contributed by atoms with E-state index in [2.05, 4.69) is 5.32 Å². The molecule has 0 aliphatic rings. The van der Waals surface area contributed by atoms with Crippen molar-refractivity contribution in [2.45, 2.75) is 33.4 Å². The van der Waals surface area contributed by atoms with Gasteiger partial charge in [-0.1, -0.05) is 24.3 Å². The van der Waals surface area contributed by atoms with E-state index in [1.807, 2.05) is 31.2 Å². The lowest BCUT2D eigenvalue weighted by molar-refractivity contribution is -0.139. The van der Waals surface area contributed by atoms with Crippen LogP contribution in [0.1, 0.15) is 25.0 Å². The molecule has 0 radical (unpaired) electrons. The smallest absolute Gasteiger partial charge is 0.244 e. The molecule has 1 N–H and O–H groups in total. The van der Waals surface area contributed by atoms with Crippen LogP contribution in [0.4, 0.5) is 10.1 Å². The first-order valence-electron chi connectivity index (χ1n) is 9.89. The van der Waals surface area contributed by atoms with E-state index < -0.39 is 34.3 Å². The number of anilines is 1. The minimum absolute atomic E-state index is 0.144. The summed E-state index contributed by atoms with van der Waals surface area (Å²) in [6.45, 7) is 5.31. The van der Waals surface area contributed by atoms with Crippen LogP contribution in [0.25, 0.3) is 0 Å². The quantitative estimate of drug-likeness (QED) is 0.637. The maximum atomic E-state index is 13.3. The van der Waals surface area contributed by atoms with Crippen molar-refractivity contribution >= 4 is 27.5 Å². The number of hydrogen-bond donors (Lipinski definition) is 1. The highest BCUT2D eigenvalue weighted by Crippen LogP contribution is 2.20. The lowest BCUT2D eigenvalue weighted by atomic mass is 10.1. The Morgan fingerprint density at radius 1 is 1.10 bits per heavy atom. The first-order valence-corrected chi connectivity index (χ1v) is 11.7. The van der Waals surface area contributed by atoms with Crippen LogP contribution in [0.2, 0.25) is 0 Å². The van der Waals surface area contributed by atoms with E-state index in [1.54, 1.807) is 13.8 Å². The number of benzene rings is 2. The summed E-state index contributed by atoms with van der Waals surface area (Å²) >= 11 is 0. The number of carbonyl (C=O) groups is 2. The SMILES string of the molecule is CCNC(=O)C(C)N(Cc1ccccc1C)C(=O)CN(c1ccc(F)cc1)S(C)(=O)=O. The normalized spacial score (nSPS) is 12.2. The summed E-state index contributed by atoms with van der Waals surface area (Å²) in [6.07, 6.45) is 0.975. The van der Waals surface area contributed by atoms with Crippen molar-refractivity contribution in [1.29, 1.82) is 0 Å². The summed E-state index contributed by atoms with van der Waals surface area (Å²) in [4.78, 5) is 27.1. The molecule has 0 aromatic heterocycles. The second-order valence-corrected chi connectivity index (χ2v) is 9.17. The van der Waals surface area contributed by atoms with Crippen LogP contribution in [0.5, 0.6) is 0 Å². The highest BCUT2D eigenvalue weighted by atomic mass is 32.2. The van der Waals surface area contributed by atoms with Crippen LogP contribution in [0.15, 0.2) is 48.5 Å². The van der Waals surface area contributed by atoms with Crippen LogP contribution in [-0.2, 0) is 26.2 Å². The zero-order chi connectivity index (χ0) is 23.2. The second-order valence-electron chi connectivity index (χ2n) is 7.26. The summed E-state index contributed by atoms with van der Waals surface area (Å²) in [7, 11) is -3.83. The van der Waals surface area contributed by atoms with E-state index in [4.69, 9.17) is 0 Å². The lowest BCUT2D eigenvalue weighted by Crippen LogP contribution is -2.51. The molecule has 2 rings (SSSR count). The molecule has 0 spiro atoms. The Morgan fingerprint density at radius 3 is 2.26 bits per heavy atom. The van der Waals surface area contributed by atoms with Crippen molar-refractivity contribution in [3.8, 4) is 0 Å². The summed E-state index contributed by atoms with van der Waals surface area (Å²) in [5.74, 6) is -1.40. The van der Waals surface area contributed by atoms with Crippen molar-refractivity contribution in [1.82, 2.24) is 10.2 Å². The maximum Gasteiger partial charge on any atom is 0.244 e. The fourth-order valence-electron chi connectivity index (χ4n) is 3.10. The number of likely N-dealkylation sites (N-methyl/N-ethyl adjacent to an activating group) is 1. The Kier molecular flexibility index (Phi) is 8.15. The Hall–Kier alpha value is -2.94. The van der Waals surface area contributed by atoms with Gasteiger partial charge in [-0.15, -0.1) is 0 Å². The van der Waals surface area contributed by atoms with Crippen LogP contribution < -0.4 is 9.62 Å². The zero-order valence-corrected chi connectivity index (χ0v) is 18.9. The standard InChI is InChI=1S/C22H28FN3O4S/c1-5-24-22(28)17(3)25(14-18-9-7-6-8-16(18)2)21(27)15-26(31(4,29)30)20-12-10-19(23)11-13-20/h6-13,17H,5,14-15H2,1-4H3,(H,24,28). The van der Waals surface area contributed by atoms with Gasteiger partial charge in [0.25, 0.3) is 0 Å². The van der Waals surface area contributed by atoms with Crippen molar-refractivity contribution in [3.05, 3.63) is 65.5 Å². The molecule has 31 heavy (non-hydrogen) atoms. The van der Waals surface area contributed by atoms with Gasteiger partial charge in [-0.05, 0) is 56.2 Å². The maximum absolute atomic E-state index is 13.3. The van der Waals surface area contributed by atoms with Gasteiger partial charge in [-0.2, -0.15) is 0 Å². The molecule has 1 unspecified atom stereocenters. The van der Waals surface area contributed by atoms with Gasteiger partial charge >= 0.3 is 0 Å². The topological polar surface area (TPSA) is 86.8 Å². The van der Waals surface area contributed by atoms with Crippen LogP contribution >= 0.6 is 0 Å². The van der Waals surface area contributed by atoms with Crippen molar-refractivity contribution < 1.29 is 22.4 Å². The molecule has 9 heteroatoms. The minimum atomic E-state index is -3.83. The molecule has 0 heterocycles. The molecule has 0 saturated heterocycles. The van der Waals surface area contributed by atoms with Crippen molar-refractivity contribution in [2.24, 2.45) is 0 Å². The molecule has 168 valence electrons. The van der Waals surface area contributed by atoms with Gasteiger partial charge < -0.3 is 10.2 Å². The summed E-state index contributed by atoms with van der Waals surface area (Å²) in [5.41, 5.74) is 1.96. The Bertz CT molecular complexity index is 1030. The van der Waals surface area contributed by atoms with E-state index in [0.29, 0.717) is 6.54 Å². The number of carbonyl (C=O) groups excluding carboxylic acids is 2. The average molecular weight is 450 g/mol. The largest absolute Gasteiger partial charge is 0.355 e. The van der Waals surface area contributed by atoms with Crippen molar-refractivity contribution in [2.75, 3.05) is 23.7 Å². The first-order chi connectivity index (χ1) is 14.5. The Labute approximate surface area is 182 Å². The third kappa shape index (κ3) is 6.52. The number of nitrogens with one attached hydrogen (secondary N) is 1. The fourth-order valence-corrected chi connectivity index (χ4v) is 3.95. The number of amides is 2. The molecule has 2 amide bonds. The molecule has 2 aromatic rings. The van der Waals surface area contributed by atoms with Gasteiger partial charge in [0.2, 0.25) is 21.8 Å². The molecule has 0 saturated carbocycles. The molecular weight excluding hydrogens is 421 g/mol. The molecule has 1 atom stereocenters. The van der Waals surface area contributed by atoms with Crippen LogP contribution in [0, 0.1) is 12.7 Å². The molecule has 7 nitrogen and oxygen atoms in total. The van der Waals surface area contributed by atoms with Crippen LogP contribution in [0.3, 0.4) is 0 Å². The highest BCUT2D eigenvalue weighted by molar-refractivity contribution is 7.92. The number of aryl methyl sites for hydroxylation is 1. The second kappa shape index (κ2) is 10.4. The van der Waals surface area contributed by atoms with E-state index >= 15 is 0 Å². The predicted octanol–water partition coefficient (Wildman–Crippen LogP) is 2.45. The number of rotatable bonds is 9. The third-order valence-corrected chi connectivity index (χ3v) is 6.05. The monoisotopic (exact) mass is 449 g/mol. The third-order valence-electron chi connectivity index (χ3n) is 4.91. The van der Waals surface area contributed by atoms with Gasteiger partial charge in [-0.3, -0.25) is 13.9 Å². The molecule has 0 aliphatic heterocycles. The average Bonchev–Trinajstić information content (AvgIpc) is 2.71. The predicted molar refractivity (Wildman–Crippen MR) is 118 cm³/mol. The first kappa shape index (κ1) is 24.3. The minimum Gasteiger partial charge on any atom is -0.355 e. The van der Waals surface area contributed by atoms with E-state index in [-0.39, 0.29) is 18.1 Å². The van der Waals surface area contributed by atoms with Gasteiger partial charge in [-0.25, -0.2) is 12.8 Å². The zero-order valence-electron chi connectivity index (χ0n) is 18.1. The summed E-state index contributed by atoms with van der Waals surface area (Å²) < 4.78 is 39.0. The number of halogens is 1. The lowest BCUT2D eigenvalue weighted by Gasteiger charge is -2.31. The molecule has 0 bridgehead atoms. The Morgan fingerprint density at radius 2 is 1.71 bits per heavy atom. The van der Waals surface area contributed by atoms with Crippen molar-refractivity contribution in [3.63, 3.8) is 0 Å². The molecule has 0 fully saturated rings. The number of sulfonamides is 1. The summed E-state index contributed by atoms with van der Waals surface area (Å²) in [6, 6.07) is 11.5. The fraction of sp³-hybridized carbons (Fsp3) is 0.364. The number of hydrogen-bond acceptors (Lipinski definition) is 4. The van der Waals surface area contributed by atoms with E-state index in [9.17, 15) is 22.4 Å². The van der Waals surface area contributed by atoms with E-state index in [1.165, 1.54) is 17.0 Å². The van der Waals surface area contributed by atoms with Gasteiger partial charge in [0.05, 0.1) is 11.9 Å². The molecule has 0 aliphatic carbocycles. The summed E-state index contributed by atoms with van der Waals surface area (Å²) in [5, 5.41) is 2.70. The molecular formula is C22H28FN3O4S. The highest BCUT2D eigenvalue weighted by Gasteiger charge is 2.30. The molecule has 2 aromatic carbocycles. The van der Waals surface area contributed by atoms with Gasteiger partial charge in [0.1, 0.15) is 18.4 Å². The van der Waals surface area contributed by atoms with Gasteiger partial charge in [0.15, 0.2) is 0 Å². The van der Waals surface area contributed by atoms with E-state index in [0.717, 1.165) is 33.8 Å².